The van der Waals surface area contributed by atoms with E-state index in [2.05, 4.69) is 12.2 Å². The van der Waals surface area contributed by atoms with Crippen LogP contribution >= 0.6 is 0 Å². The average Bonchev–Trinajstić information content (AvgIpc) is 3.12. The fraction of sp³-hybridized carbons (Fsp3) is 0.353. The van der Waals surface area contributed by atoms with E-state index in [4.69, 9.17) is 5.11 Å². The van der Waals surface area contributed by atoms with Crippen molar-refractivity contribution >= 4 is 23.5 Å². The summed E-state index contributed by atoms with van der Waals surface area (Å²) in [6.07, 6.45) is 4.99. The number of carbonyl (C=O) groups excluding carboxylic acids is 2. The van der Waals surface area contributed by atoms with Crippen LogP contribution in [0.3, 0.4) is 0 Å². The van der Waals surface area contributed by atoms with Gasteiger partial charge in [-0.1, -0.05) is 12.2 Å². The van der Waals surface area contributed by atoms with Crippen molar-refractivity contribution in [1.82, 2.24) is 0 Å². The minimum atomic E-state index is -1.03. The van der Waals surface area contributed by atoms with Crippen molar-refractivity contribution in [3.8, 4) is 0 Å². The molecule has 1 saturated carbocycles. The predicted octanol–water partition coefficient (Wildman–Crippen LogP) is 2.09. The molecule has 4 atom stereocenters. The molecule has 1 aromatic carbocycles. The second-order valence-electron chi connectivity index (χ2n) is 6.48. The smallest absolute Gasteiger partial charge is 0.335 e. The first kappa shape index (κ1) is 13.2. The van der Waals surface area contributed by atoms with Crippen LogP contribution in [0.2, 0.25) is 0 Å². The largest absolute Gasteiger partial charge is 0.478 e. The average molecular weight is 297 g/mol. The summed E-state index contributed by atoms with van der Waals surface area (Å²) in [6.45, 7) is 1.89. The Balaban J connectivity index is 1.74. The molecule has 2 amide bonds. The topological polar surface area (TPSA) is 74.7 Å². The Labute approximate surface area is 127 Å². The number of nitrogens with zero attached hydrogens (tertiary/aromatic N) is 1. The second kappa shape index (κ2) is 4.06. The summed E-state index contributed by atoms with van der Waals surface area (Å²) < 4.78 is 0. The number of fused-ring (bicyclic) bond motifs is 5. The van der Waals surface area contributed by atoms with Crippen molar-refractivity contribution in [2.24, 2.45) is 23.2 Å². The Morgan fingerprint density at radius 2 is 1.91 bits per heavy atom. The second-order valence-corrected chi connectivity index (χ2v) is 6.48. The van der Waals surface area contributed by atoms with Gasteiger partial charge < -0.3 is 5.11 Å². The maximum absolute atomic E-state index is 12.9. The van der Waals surface area contributed by atoms with Gasteiger partial charge in [-0.05, 0) is 49.4 Å². The molecule has 5 heteroatoms. The zero-order chi connectivity index (χ0) is 15.6. The maximum Gasteiger partial charge on any atom is 0.335 e. The number of imide groups is 1. The first-order chi connectivity index (χ1) is 10.4. The van der Waals surface area contributed by atoms with Crippen molar-refractivity contribution < 1.29 is 19.5 Å². The zero-order valence-corrected chi connectivity index (χ0v) is 12.0. The quantitative estimate of drug-likeness (QED) is 0.670. The van der Waals surface area contributed by atoms with E-state index in [9.17, 15) is 14.4 Å². The Kier molecular flexibility index (Phi) is 2.45. The number of aromatic carboxylic acids is 1. The highest BCUT2D eigenvalue weighted by Crippen LogP contribution is 2.60. The summed E-state index contributed by atoms with van der Waals surface area (Å²) in [7, 11) is 0. The normalized spacial score (nSPS) is 35.3. The molecule has 112 valence electrons. The van der Waals surface area contributed by atoms with Gasteiger partial charge in [-0.2, -0.15) is 0 Å². The number of allylic oxidation sites excluding steroid dienone is 2. The predicted molar refractivity (Wildman–Crippen MR) is 78.2 cm³/mol. The number of benzene rings is 1. The Bertz CT molecular complexity index is 736. The lowest BCUT2D eigenvalue weighted by molar-refractivity contribution is -0.127. The molecule has 5 nitrogen and oxygen atoms in total. The van der Waals surface area contributed by atoms with E-state index in [1.807, 2.05) is 6.92 Å². The fourth-order valence-corrected chi connectivity index (χ4v) is 4.30. The molecule has 22 heavy (non-hydrogen) atoms. The summed E-state index contributed by atoms with van der Waals surface area (Å²) in [5, 5.41) is 8.94. The summed E-state index contributed by atoms with van der Waals surface area (Å²) in [6, 6.07) is 5.89. The molecule has 0 radical (unpaired) electrons. The van der Waals surface area contributed by atoms with Crippen LogP contribution in [-0.2, 0) is 9.59 Å². The third-order valence-electron chi connectivity index (χ3n) is 5.48. The maximum atomic E-state index is 12.9. The molecule has 1 aromatic rings. The molecule has 2 fully saturated rings. The van der Waals surface area contributed by atoms with Crippen molar-refractivity contribution in [1.29, 1.82) is 0 Å². The first-order valence-corrected chi connectivity index (χ1v) is 7.34. The van der Waals surface area contributed by atoms with Crippen molar-refractivity contribution in [3.63, 3.8) is 0 Å². The van der Waals surface area contributed by atoms with Gasteiger partial charge in [0.1, 0.15) is 0 Å². The number of amides is 2. The third-order valence-corrected chi connectivity index (χ3v) is 5.48. The molecule has 1 N–H and O–H groups in total. The zero-order valence-electron chi connectivity index (χ0n) is 12.0. The van der Waals surface area contributed by atoms with Gasteiger partial charge in [0.25, 0.3) is 0 Å². The van der Waals surface area contributed by atoms with Crippen LogP contribution < -0.4 is 4.90 Å². The summed E-state index contributed by atoms with van der Waals surface area (Å²) >= 11 is 0. The van der Waals surface area contributed by atoms with Gasteiger partial charge in [0.2, 0.25) is 11.8 Å². The first-order valence-electron chi connectivity index (χ1n) is 7.34. The van der Waals surface area contributed by atoms with Crippen molar-refractivity contribution in [3.05, 3.63) is 42.0 Å². The number of rotatable bonds is 2. The lowest BCUT2D eigenvalue weighted by atomic mass is 9.71. The molecule has 1 aliphatic heterocycles. The Morgan fingerprint density at radius 3 is 2.50 bits per heavy atom. The molecule has 3 aliphatic rings. The molecule has 1 saturated heterocycles. The van der Waals surface area contributed by atoms with Crippen LogP contribution in [0.25, 0.3) is 0 Å². The standard InChI is InChI=1S/C17H15NO4/c1-17-11-5-2-10(8-11)13(17)14(19)18(16(17)22)12-6-3-9(4-7-12)15(20)21/h2-7,10-11,13H,8H2,1H3,(H,20,21). The van der Waals surface area contributed by atoms with Crippen molar-refractivity contribution in [2.45, 2.75) is 13.3 Å². The summed E-state index contributed by atoms with van der Waals surface area (Å²) in [5.74, 6) is -1.36. The summed E-state index contributed by atoms with van der Waals surface area (Å²) in [5.41, 5.74) is -0.0619. The van der Waals surface area contributed by atoms with Gasteiger partial charge in [0, 0.05) is 0 Å². The molecule has 0 aromatic heterocycles. The number of hydrogen-bond acceptors (Lipinski definition) is 3. The van der Waals surface area contributed by atoms with E-state index in [-0.39, 0.29) is 35.1 Å². The van der Waals surface area contributed by atoms with Gasteiger partial charge in [-0.3, -0.25) is 9.59 Å². The SMILES string of the molecule is CC12C(=O)N(c3ccc(C(=O)O)cc3)C(=O)C1C1C=CC2C1. The van der Waals surface area contributed by atoms with Gasteiger partial charge in [0.15, 0.2) is 0 Å². The van der Waals surface area contributed by atoms with Gasteiger partial charge in [-0.25, -0.2) is 9.69 Å². The highest BCUT2D eigenvalue weighted by atomic mass is 16.4. The molecule has 4 unspecified atom stereocenters. The Hall–Kier alpha value is -2.43. The van der Waals surface area contributed by atoms with Crippen LogP contribution in [-0.4, -0.2) is 22.9 Å². The van der Waals surface area contributed by atoms with E-state index in [0.29, 0.717) is 5.69 Å². The van der Waals surface area contributed by atoms with E-state index in [0.717, 1.165) is 6.42 Å². The van der Waals surface area contributed by atoms with Crippen LogP contribution in [0.5, 0.6) is 0 Å². The van der Waals surface area contributed by atoms with Crippen LogP contribution in [0.15, 0.2) is 36.4 Å². The number of carbonyl (C=O) groups is 3. The summed E-state index contributed by atoms with van der Waals surface area (Å²) in [4.78, 5) is 37.8. The van der Waals surface area contributed by atoms with E-state index in [1.165, 1.54) is 29.2 Å². The third kappa shape index (κ3) is 1.41. The molecule has 1 heterocycles. The number of anilines is 1. The number of carboxylic acid groups (broad SMARTS) is 1. The highest BCUT2D eigenvalue weighted by Gasteiger charge is 2.67. The molecule has 4 rings (SSSR count). The van der Waals surface area contributed by atoms with E-state index < -0.39 is 11.4 Å². The van der Waals surface area contributed by atoms with Gasteiger partial charge >= 0.3 is 5.97 Å². The van der Waals surface area contributed by atoms with Crippen LogP contribution in [0.4, 0.5) is 5.69 Å². The van der Waals surface area contributed by atoms with Gasteiger partial charge in [-0.15, -0.1) is 0 Å². The van der Waals surface area contributed by atoms with Gasteiger partial charge in [0.05, 0.1) is 22.6 Å². The van der Waals surface area contributed by atoms with E-state index >= 15 is 0 Å². The monoisotopic (exact) mass is 297 g/mol. The molecule has 2 bridgehead atoms. The van der Waals surface area contributed by atoms with Crippen LogP contribution in [0.1, 0.15) is 23.7 Å². The highest BCUT2D eigenvalue weighted by molar-refractivity contribution is 6.24. The number of carboxylic acids is 1. The fourth-order valence-electron chi connectivity index (χ4n) is 4.30. The van der Waals surface area contributed by atoms with E-state index in [1.54, 1.807) is 0 Å². The minimum absolute atomic E-state index is 0.127. The minimum Gasteiger partial charge on any atom is -0.478 e. The molecule has 0 spiro atoms. The lowest BCUT2D eigenvalue weighted by Gasteiger charge is -2.28. The Morgan fingerprint density at radius 1 is 1.23 bits per heavy atom. The molecule has 2 aliphatic carbocycles. The lowest BCUT2D eigenvalue weighted by Crippen LogP contribution is -2.37. The number of hydrogen-bond donors (Lipinski definition) is 1. The van der Waals surface area contributed by atoms with Crippen molar-refractivity contribution in [2.75, 3.05) is 4.90 Å². The molecular formula is C17H15NO4. The molecular weight excluding hydrogens is 282 g/mol. The van der Waals surface area contributed by atoms with Crippen LogP contribution in [0, 0.1) is 23.2 Å².